The summed E-state index contributed by atoms with van der Waals surface area (Å²) < 4.78 is 0. The summed E-state index contributed by atoms with van der Waals surface area (Å²) in [5, 5.41) is 9.73. The van der Waals surface area contributed by atoms with Crippen molar-refractivity contribution < 1.29 is 9.90 Å². The Hall–Kier alpha value is -1.69. The fraction of sp³-hybridized carbons (Fsp3) is 0.167. The Kier molecular flexibility index (Phi) is 6.37. The normalized spacial score (nSPS) is 7.75. The Morgan fingerprint density at radius 3 is 2.17 bits per heavy atom. The minimum absolute atomic E-state index is 0.394. The number of rotatable bonds is 1. The van der Waals surface area contributed by atoms with Crippen LogP contribution >= 0.6 is 0 Å². The molecule has 0 bridgehead atoms. The minimum atomic E-state index is -0.711. The molecule has 0 aliphatic heterocycles. The number of aromatic nitrogens is 2. The maximum Gasteiger partial charge on any atom is 0.313 e. The minimum Gasteiger partial charge on any atom is -0.376 e. The van der Waals surface area contributed by atoms with E-state index in [2.05, 4.69) is 15.7 Å². The Morgan fingerprint density at radius 1 is 1.50 bits per heavy atom. The number of nitrogens with two attached hydrogens (primary N) is 1. The zero-order valence-corrected chi connectivity index (χ0v) is 6.34. The van der Waals surface area contributed by atoms with Gasteiger partial charge in [0.1, 0.15) is 13.1 Å². The lowest BCUT2D eigenvalue weighted by Crippen LogP contribution is -2.29. The summed E-state index contributed by atoms with van der Waals surface area (Å²) in [6.07, 6.45) is 4.88. The first-order valence-corrected chi connectivity index (χ1v) is 3.11. The van der Waals surface area contributed by atoms with Crippen LogP contribution in [0.5, 0.6) is 0 Å². The van der Waals surface area contributed by atoms with Gasteiger partial charge in [-0.2, -0.15) is 0 Å². The van der Waals surface area contributed by atoms with Crippen LogP contribution in [-0.4, -0.2) is 27.8 Å². The fourth-order valence-electron chi connectivity index (χ4n) is 0.331. The summed E-state index contributed by atoms with van der Waals surface area (Å²) in [6.45, 7) is -0.394. The van der Waals surface area contributed by atoms with Crippen LogP contribution in [-0.2, 0) is 0 Å². The molecular weight excluding hydrogens is 160 g/mol. The molecule has 0 atom stereocenters. The molecule has 0 fully saturated rings. The molecule has 66 valence electrons. The molecular formula is C6H10N4O2. The standard InChI is InChI=1S/C4H4N2.C2H6N2O2/c1-2-5-4-6-3-1;3-2(6)4-1-5/h1-4H;5H,1H2,(H3,3,4,6). The van der Waals surface area contributed by atoms with Crippen molar-refractivity contribution in [2.45, 2.75) is 0 Å². The molecule has 1 heterocycles. The molecule has 0 aliphatic rings. The van der Waals surface area contributed by atoms with Gasteiger partial charge in [-0.25, -0.2) is 14.8 Å². The Labute approximate surface area is 69.5 Å². The highest BCUT2D eigenvalue weighted by molar-refractivity contribution is 5.71. The molecule has 6 heteroatoms. The lowest BCUT2D eigenvalue weighted by molar-refractivity contribution is 0.225. The Morgan fingerprint density at radius 2 is 2.08 bits per heavy atom. The van der Waals surface area contributed by atoms with E-state index in [1.165, 1.54) is 6.33 Å². The highest BCUT2D eigenvalue weighted by Crippen LogP contribution is 1.66. The van der Waals surface area contributed by atoms with Crippen molar-refractivity contribution in [1.82, 2.24) is 15.3 Å². The summed E-state index contributed by atoms with van der Waals surface area (Å²) in [4.78, 5) is 16.9. The first-order chi connectivity index (χ1) is 5.77. The second-order valence-corrected chi connectivity index (χ2v) is 1.60. The summed E-state index contributed by atoms with van der Waals surface area (Å²) >= 11 is 0. The van der Waals surface area contributed by atoms with E-state index in [-0.39, 0.29) is 0 Å². The van der Waals surface area contributed by atoms with Gasteiger partial charge in [0.15, 0.2) is 0 Å². The molecule has 0 spiro atoms. The number of aliphatic hydroxyl groups is 1. The van der Waals surface area contributed by atoms with E-state index in [0.717, 1.165) is 0 Å². The number of hydrogen-bond acceptors (Lipinski definition) is 4. The number of carbonyl (C=O) groups excluding carboxylic acids is 1. The predicted molar refractivity (Wildman–Crippen MR) is 41.8 cm³/mol. The average molecular weight is 170 g/mol. The molecule has 1 aromatic rings. The molecule has 0 radical (unpaired) electrons. The van der Waals surface area contributed by atoms with Gasteiger partial charge in [0.25, 0.3) is 0 Å². The van der Waals surface area contributed by atoms with E-state index >= 15 is 0 Å². The zero-order chi connectivity index (χ0) is 9.23. The number of carbonyl (C=O) groups is 1. The number of amides is 2. The first-order valence-electron chi connectivity index (χ1n) is 3.11. The number of nitrogens with one attached hydrogen (secondary N) is 1. The second-order valence-electron chi connectivity index (χ2n) is 1.60. The molecule has 0 saturated heterocycles. The second kappa shape index (κ2) is 7.42. The van der Waals surface area contributed by atoms with Crippen molar-refractivity contribution in [3.05, 3.63) is 24.8 Å². The van der Waals surface area contributed by atoms with Crippen LogP contribution in [0.2, 0.25) is 0 Å². The molecule has 0 aromatic carbocycles. The van der Waals surface area contributed by atoms with Crippen molar-refractivity contribution >= 4 is 6.03 Å². The molecule has 4 N–H and O–H groups in total. The van der Waals surface area contributed by atoms with E-state index in [0.29, 0.717) is 0 Å². The van der Waals surface area contributed by atoms with Crippen LogP contribution in [0.25, 0.3) is 0 Å². The van der Waals surface area contributed by atoms with Gasteiger partial charge in [-0.15, -0.1) is 0 Å². The molecule has 0 aliphatic carbocycles. The van der Waals surface area contributed by atoms with Gasteiger partial charge in [0.05, 0.1) is 0 Å². The average Bonchev–Trinajstić information content (AvgIpc) is 2.08. The van der Waals surface area contributed by atoms with Crippen molar-refractivity contribution in [3.63, 3.8) is 0 Å². The van der Waals surface area contributed by atoms with Crippen LogP contribution in [0.4, 0.5) is 4.79 Å². The van der Waals surface area contributed by atoms with Crippen LogP contribution in [0.1, 0.15) is 0 Å². The summed E-state index contributed by atoms with van der Waals surface area (Å²) in [7, 11) is 0. The number of primary amides is 1. The molecule has 1 rings (SSSR count). The third kappa shape index (κ3) is 8.31. The number of hydrogen-bond donors (Lipinski definition) is 3. The van der Waals surface area contributed by atoms with E-state index < -0.39 is 12.8 Å². The SMILES string of the molecule is NC(=O)NCO.c1cncnc1. The topological polar surface area (TPSA) is 101 Å². The van der Waals surface area contributed by atoms with E-state index in [1.54, 1.807) is 18.5 Å². The van der Waals surface area contributed by atoms with E-state index in [9.17, 15) is 4.79 Å². The summed E-state index contributed by atoms with van der Waals surface area (Å²) in [6, 6.07) is 1.07. The predicted octanol–water partition coefficient (Wildman–Crippen LogP) is -0.919. The van der Waals surface area contributed by atoms with Crippen molar-refractivity contribution in [2.24, 2.45) is 5.73 Å². The largest absolute Gasteiger partial charge is 0.376 e. The van der Waals surface area contributed by atoms with Gasteiger partial charge in [-0.05, 0) is 6.07 Å². The highest BCUT2D eigenvalue weighted by Gasteiger charge is 1.80. The molecule has 12 heavy (non-hydrogen) atoms. The maximum atomic E-state index is 9.55. The fourth-order valence-corrected chi connectivity index (χ4v) is 0.331. The smallest absolute Gasteiger partial charge is 0.313 e. The van der Waals surface area contributed by atoms with Gasteiger partial charge in [0.2, 0.25) is 0 Å². The molecule has 2 amide bonds. The van der Waals surface area contributed by atoms with Crippen LogP contribution in [0.3, 0.4) is 0 Å². The third-order valence-electron chi connectivity index (χ3n) is 0.731. The van der Waals surface area contributed by atoms with Crippen LogP contribution < -0.4 is 11.1 Å². The number of aliphatic hydroxyl groups excluding tert-OH is 1. The quantitative estimate of drug-likeness (QED) is 0.474. The van der Waals surface area contributed by atoms with Gasteiger partial charge in [-0.1, -0.05) is 0 Å². The van der Waals surface area contributed by atoms with E-state index in [4.69, 9.17) is 5.11 Å². The molecule has 6 nitrogen and oxygen atoms in total. The third-order valence-corrected chi connectivity index (χ3v) is 0.731. The van der Waals surface area contributed by atoms with Crippen molar-refractivity contribution in [1.29, 1.82) is 0 Å². The van der Waals surface area contributed by atoms with Crippen molar-refractivity contribution in [2.75, 3.05) is 6.73 Å². The van der Waals surface area contributed by atoms with Gasteiger partial charge < -0.3 is 16.2 Å². The lowest BCUT2D eigenvalue weighted by Gasteiger charge is -1.88. The van der Waals surface area contributed by atoms with Gasteiger partial charge in [-0.3, -0.25) is 0 Å². The van der Waals surface area contributed by atoms with Crippen molar-refractivity contribution in [3.8, 4) is 0 Å². The van der Waals surface area contributed by atoms with Gasteiger partial charge in [0, 0.05) is 12.4 Å². The Bertz CT molecular complexity index is 177. The molecule has 0 saturated carbocycles. The molecule has 1 aromatic heterocycles. The Balaban J connectivity index is 0.000000202. The lowest BCUT2D eigenvalue weighted by atomic mass is 10.7. The monoisotopic (exact) mass is 170 g/mol. The van der Waals surface area contributed by atoms with E-state index in [1.807, 2.05) is 5.32 Å². The zero-order valence-electron chi connectivity index (χ0n) is 6.34. The first kappa shape index (κ1) is 10.3. The maximum absolute atomic E-state index is 9.55. The van der Waals surface area contributed by atoms with Crippen LogP contribution in [0, 0.1) is 0 Å². The van der Waals surface area contributed by atoms with Gasteiger partial charge >= 0.3 is 6.03 Å². The molecule has 0 unspecified atom stereocenters. The number of urea groups is 1. The summed E-state index contributed by atoms with van der Waals surface area (Å²) in [5.41, 5.74) is 4.49. The highest BCUT2D eigenvalue weighted by atomic mass is 16.3. The number of nitrogens with zero attached hydrogens (tertiary/aromatic N) is 2. The van der Waals surface area contributed by atoms with Crippen LogP contribution in [0.15, 0.2) is 24.8 Å². The summed E-state index contributed by atoms with van der Waals surface area (Å²) in [5.74, 6) is 0.